The monoisotopic (exact) mass is 242 g/mol. The highest BCUT2D eigenvalue weighted by atomic mass is 16.3. The first-order valence-electron chi connectivity index (χ1n) is 5.48. The summed E-state index contributed by atoms with van der Waals surface area (Å²) in [7, 11) is 0. The van der Waals surface area contributed by atoms with Crippen molar-refractivity contribution in [2.75, 3.05) is 11.5 Å². The SMILES string of the molecule is Cc1cc(N)c(O)c(C(=O)c2cccc(N)c2)c1. The molecule has 0 unspecified atom stereocenters. The fourth-order valence-corrected chi connectivity index (χ4v) is 1.82. The van der Waals surface area contributed by atoms with Crippen molar-refractivity contribution in [2.45, 2.75) is 6.92 Å². The van der Waals surface area contributed by atoms with Crippen LogP contribution in [0.25, 0.3) is 0 Å². The second-order valence-electron chi connectivity index (χ2n) is 4.20. The molecule has 2 aromatic rings. The maximum Gasteiger partial charge on any atom is 0.196 e. The second-order valence-corrected chi connectivity index (χ2v) is 4.20. The van der Waals surface area contributed by atoms with Crippen molar-refractivity contribution in [1.29, 1.82) is 0 Å². The molecular weight excluding hydrogens is 228 g/mol. The molecule has 0 atom stereocenters. The summed E-state index contributed by atoms with van der Waals surface area (Å²) in [6.45, 7) is 1.81. The van der Waals surface area contributed by atoms with Crippen LogP contribution in [0.2, 0.25) is 0 Å². The molecule has 0 aromatic heterocycles. The van der Waals surface area contributed by atoms with Crippen molar-refractivity contribution in [3.8, 4) is 5.75 Å². The van der Waals surface area contributed by atoms with Crippen molar-refractivity contribution < 1.29 is 9.90 Å². The van der Waals surface area contributed by atoms with Crippen LogP contribution in [0.1, 0.15) is 21.5 Å². The summed E-state index contributed by atoms with van der Waals surface area (Å²) < 4.78 is 0. The Labute approximate surface area is 105 Å². The van der Waals surface area contributed by atoms with E-state index in [4.69, 9.17) is 11.5 Å². The molecule has 2 aromatic carbocycles. The maximum atomic E-state index is 12.3. The van der Waals surface area contributed by atoms with Crippen LogP contribution in [0.15, 0.2) is 36.4 Å². The standard InChI is InChI=1S/C14H14N2O2/c1-8-5-11(14(18)12(16)6-8)13(17)9-3-2-4-10(15)7-9/h2-7,18H,15-16H2,1H3. The average molecular weight is 242 g/mol. The molecule has 18 heavy (non-hydrogen) atoms. The van der Waals surface area contributed by atoms with Gasteiger partial charge in [-0.2, -0.15) is 0 Å². The number of nitrogen functional groups attached to an aromatic ring is 2. The van der Waals surface area contributed by atoms with E-state index < -0.39 is 0 Å². The highest BCUT2D eigenvalue weighted by Gasteiger charge is 2.16. The van der Waals surface area contributed by atoms with Crippen molar-refractivity contribution in [3.63, 3.8) is 0 Å². The van der Waals surface area contributed by atoms with Crippen molar-refractivity contribution in [1.82, 2.24) is 0 Å². The summed E-state index contributed by atoms with van der Waals surface area (Å²) in [5, 5.41) is 9.85. The number of anilines is 2. The van der Waals surface area contributed by atoms with Gasteiger partial charge in [-0.3, -0.25) is 4.79 Å². The highest BCUT2D eigenvalue weighted by Crippen LogP contribution is 2.28. The highest BCUT2D eigenvalue weighted by molar-refractivity contribution is 6.12. The minimum Gasteiger partial charge on any atom is -0.505 e. The molecule has 4 heteroatoms. The van der Waals surface area contributed by atoms with Crippen LogP contribution >= 0.6 is 0 Å². The van der Waals surface area contributed by atoms with E-state index in [1.165, 1.54) is 0 Å². The summed E-state index contributed by atoms with van der Waals surface area (Å²) in [4.78, 5) is 12.3. The third kappa shape index (κ3) is 2.13. The van der Waals surface area contributed by atoms with Crippen LogP contribution in [-0.2, 0) is 0 Å². The Morgan fingerprint density at radius 2 is 1.89 bits per heavy atom. The lowest BCUT2D eigenvalue weighted by Crippen LogP contribution is -2.04. The smallest absolute Gasteiger partial charge is 0.196 e. The number of ketones is 1. The molecule has 0 spiro atoms. The molecule has 0 fully saturated rings. The number of hydrogen-bond acceptors (Lipinski definition) is 4. The van der Waals surface area contributed by atoms with Gasteiger partial charge >= 0.3 is 0 Å². The number of nitrogens with two attached hydrogens (primary N) is 2. The third-order valence-electron chi connectivity index (χ3n) is 2.68. The molecular formula is C14H14N2O2. The summed E-state index contributed by atoms with van der Waals surface area (Å²) in [6, 6.07) is 9.83. The fourth-order valence-electron chi connectivity index (χ4n) is 1.82. The average Bonchev–Trinajstić information content (AvgIpc) is 2.33. The number of phenols is 1. The number of benzene rings is 2. The Bertz CT molecular complexity index is 621. The lowest BCUT2D eigenvalue weighted by Gasteiger charge is -2.08. The summed E-state index contributed by atoms with van der Waals surface area (Å²) in [6.07, 6.45) is 0. The van der Waals surface area contributed by atoms with E-state index in [2.05, 4.69) is 0 Å². The Kier molecular flexibility index (Phi) is 2.93. The van der Waals surface area contributed by atoms with Crippen LogP contribution < -0.4 is 11.5 Å². The predicted molar refractivity (Wildman–Crippen MR) is 71.5 cm³/mol. The zero-order valence-corrected chi connectivity index (χ0v) is 9.97. The number of rotatable bonds is 2. The number of aryl methyl sites for hydroxylation is 1. The molecule has 5 N–H and O–H groups in total. The largest absolute Gasteiger partial charge is 0.505 e. The number of aromatic hydroxyl groups is 1. The first kappa shape index (κ1) is 12.0. The van der Waals surface area contributed by atoms with Crippen LogP contribution in [0.5, 0.6) is 5.75 Å². The third-order valence-corrected chi connectivity index (χ3v) is 2.68. The molecule has 0 heterocycles. The van der Waals surface area contributed by atoms with E-state index in [1.54, 1.807) is 36.4 Å². The molecule has 0 saturated carbocycles. The van der Waals surface area contributed by atoms with Crippen LogP contribution in [0.3, 0.4) is 0 Å². The number of hydrogen-bond donors (Lipinski definition) is 3. The van der Waals surface area contributed by atoms with Gasteiger partial charge in [-0.1, -0.05) is 12.1 Å². The minimum atomic E-state index is -0.296. The summed E-state index contributed by atoms with van der Waals surface area (Å²) in [5.41, 5.74) is 13.4. The Balaban J connectivity index is 2.53. The van der Waals surface area contributed by atoms with E-state index >= 15 is 0 Å². The number of carbonyl (C=O) groups excluding carboxylic acids is 1. The molecule has 0 bridgehead atoms. The molecule has 0 aliphatic heterocycles. The fraction of sp³-hybridized carbons (Fsp3) is 0.0714. The Hall–Kier alpha value is -2.49. The van der Waals surface area contributed by atoms with E-state index in [9.17, 15) is 9.90 Å². The minimum absolute atomic E-state index is 0.187. The van der Waals surface area contributed by atoms with Gasteiger partial charge in [0.1, 0.15) is 5.75 Å². The molecule has 0 aliphatic carbocycles. The van der Waals surface area contributed by atoms with Gasteiger partial charge in [0.05, 0.1) is 11.3 Å². The van der Waals surface area contributed by atoms with Crippen LogP contribution in [0, 0.1) is 6.92 Å². The van der Waals surface area contributed by atoms with E-state index in [0.29, 0.717) is 11.3 Å². The molecule has 92 valence electrons. The van der Waals surface area contributed by atoms with Gasteiger partial charge in [-0.25, -0.2) is 0 Å². The zero-order valence-electron chi connectivity index (χ0n) is 9.97. The number of carbonyl (C=O) groups is 1. The predicted octanol–water partition coefficient (Wildman–Crippen LogP) is 2.10. The summed E-state index contributed by atoms with van der Waals surface area (Å²) >= 11 is 0. The van der Waals surface area contributed by atoms with Gasteiger partial charge in [0.25, 0.3) is 0 Å². The van der Waals surface area contributed by atoms with Gasteiger partial charge in [0, 0.05) is 11.3 Å². The first-order valence-corrected chi connectivity index (χ1v) is 5.48. The van der Waals surface area contributed by atoms with Crippen molar-refractivity contribution in [2.24, 2.45) is 0 Å². The molecule has 0 aliphatic rings. The van der Waals surface area contributed by atoms with Crippen LogP contribution in [0.4, 0.5) is 11.4 Å². The van der Waals surface area contributed by atoms with E-state index in [-0.39, 0.29) is 22.8 Å². The topological polar surface area (TPSA) is 89.3 Å². The molecule has 0 amide bonds. The van der Waals surface area contributed by atoms with Crippen molar-refractivity contribution >= 4 is 17.2 Å². The normalized spacial score (nSPS) is 10.3. The second kappa shape index (κ2) is 4.41. The Morgan fingerprint density at radius 1 is 1.17 bits per heavy atom. The van der Waals surface area contributed by atoms with Gasteiger partial charge in [-0.05, 0) is 36.8 Å². The number of phenolic OH excluding ortho intramolecular Hbond substituents is 1. The molecule has 2 rings (SSSR count). The van der Waals surface area contributed by atoms with Gasteiger partial charge < -0.3 is 16.6 Å². The summed E-state index contributed by atoms with van der Waals surface area (Å²) in [5.74, 6) is -0.483. The maximum absolute atomic E-state index is 12.3. The van der Waals surface area contributed by atoms with Crippen molar-refractivity contribution in [3.05, 3.63) is 53.1 Å². The van der Waals surface area contributed by atoms with Gasteiger partial charge in [0.2, 0.25) is 0 Å². The molecule has 0 radical (unpaired) electrons. The van der Waals surface area contributed by atoms with Gasteiger partial charge in [0.15, 0.2) is 5.78 Å². The van der Waals surface area contributed by atoms with Crippen LogP contribution in [-0.4, -0.2) is 10.9 Å². The Morgan fingerprint density at radius 3 is 2.56 bits per heavy atom. The van der Waals surface area contributed by atoms with Gasteiger partial charge in [-0.15, -0.1) is 0 Å². The molecule has 4 nitrogen and oxygen atoms in total. The zero-order chi connectivity index (χ0) is 13.3. The lowest BCUT2D eigenvalue weighted by atomic mass is 9.99. The molecule has 0 saturated heterocycles. The van der Waals surface area contributed by atoms with E-state index in [1.807, 2.05) is 6.92 Å². The van der Waals surface area contributed by atoms with E-state index in [0.717, 1.165) is 5.56 Å². The lowest BCUT2D eigenvalue weighted by molar-refractivity contribution is 0.103. The quantitative estimate of drug-likeness (QED) is 0.427. The first-order chi connectivity index (χ1) is 8.49.